The Morgan fingerprint density at radius 2 is 2.17 bits per heavy atom. The van der Waals surface area contributed by atoms with Crippen LogP contribution in [0.2, 0.25) is 0 Å². The molecule has 18 heavy (non-hydrogen) atoms. The highest BCUT2D eigenvalue weighted by Crippen LogP contribution is 2.22. The highest BCUT2D eigenvalue weighted by molar-refractivity contribution is 6.30. The summed E-state index contributed by atoms with van der Waals surface area (Å²) in [6.45, 7) is 3.51. The lowest BCUT2D eigenvalue weighted by Gasteiger charge is -2.21. The quantitative estimate of drug-likeness (QED) is 0.852. The lowest BCUT2D eigenvalue weighted by molar-refractivity contribution is -0.121. The first-order valence-electron chi connectivity index (χ1n) is 6.25. The molecule has 98 valence electrons. The van der Waals surface area contributed by atoms with E-state index in [9.17, 15) is 4.79 Å². The minimum Gasteiger partial charge on any atom is -0.381 e. The highest BCUT2D eigenvalue weighted by atomic mass is 35.5. The van der Waals surface area contributed by atoms with Crippen molar-refractivity contribution < 1.29 is 9.53 Å². The Balaban J connectivity index is 1.91. The number of carbonyl (C=O) groups is 1. The van der Waals surface area contributed by atoms with Crippen molar-refractivity contribution >= 4 is 17.5 Å². The average molecular weight is 268 g/mol. The summed E-state index contributed by atoms with van der Waals surface area (Å²) in [4.78, 5) is 12.0. The maximum Gasteiger partial charge on any atom is 0.242 e. The molecule has 1 aliphatic heterocycles. The number of halogens is 1. The van der Waals surface area contributed by atoms with Crippen molar-refractivity contribution in [2.75, 3.05) is 13.2 Å². The topological polar surface area (TPSA) is 38.3 Å². The third-order valence-corrected chi connectivity index (χ3v) is 3.81. The molecule has 2 rings (SSSR count). The highest BCUT2D eigenvalue weighted by Gasteiger charge is 2.26. The Bertz CT molecular complexity index is 390. The predicted octanol–water partition coefficient (Wildman–Crippen LogP) is 2.51. The Hall–Kier alpha value is -1.06. The number of hydrogen-bond acceptors (Lipinski definition) is 2. The molecule has 0 aliphatic carbocycles. The molecule has 0 spiro atoms. The molecule has 3 atom stereocenters. The monoisotopic (exact) mass is 267 g/mol. The number of rotatable bonds is 4. The second kappa shape index (κ2) is 6.21. The number of alkyl halides is 1. The zero-order chi connectivity index (χ0) is 13.0. The zero-order valence-corrected chi connectivity index (χ0v) is 11.2. The van der Waals surface area contributed by atoms with Crippen LogP contribution in [-0.2, 0) is 9.53 Å². The lowest BCUT2D eigenvalue weighted by Crippen LogP contribution is -2.39. The van der Waals surface area contributed by atoms with E-state index in [0.717, 1.165) is 25.2 Å². The molecule has 0 radical (unpaired) electrons. The van der Waals surface area contributed by atoms with Crippen molar-refractivity contribution in [3.8, 4) is 0 Å². The van der Waals surface area contributed by atoms with E-state index in [0.29, 0.717) is 5.92 Å². The van der Waals surface area contributed by atoms with Gasteiger partial charge in [0.15, 0.2) is 0 Å². The van der Waals surface area contributed by atoms with Gasteiger partial charge in [0, 0.05) is 18.6 Å². The smallest absolute Gasteiger partial charge is 0.242 e. The van der Waals surface area contributed by atoms with E-state index < -0.39 is 5.38 Å². The number of amides is 1. The second-order valence-electron chi connectivity index (χ2n) is 4.69. The van der Waals surface area contributed by atoms with Crippen LogP contribution < -0.4 is 5.32 Å². The summed E-state index contributed by atoms with van der Waals surface area (Å²) in [7, 11) is 0. The minimum atomic E-state index is -0.629. The van der Waals surface area contributed by atoms with Crippen LogP contribution in [0.5, 0.6) is 0 Å². The SMILES string of the molecule is CC(NC(=O)C(Cl)c1ccccc1)C1CCOC1. The zero-order valence-electron chi connectivity index (χ0n) is 10.4. The van der Waals surface area contributed by atoms with Gasteiger partial charge in [-0.3, -0.25) is 4.79 Å². The molecular weight excluding hydrogens is 250 g/mol. The first-order chi connectivity index (χ1) is 8.68. The van der Waals surface area contributed by atoms with Crippen LogP contribution in [-0.4, -0.2) is 25.2 Å². The summed E-state index contributed by atoms with van der Waals surface area (Å²) in [5.74, 6) is 0.260. The molecule has 4 heteroatoms. The van der Waals surface area contributed by atoms with E-state index in [-0.39, 0.29) is 11.9 Å². The Morgan fingerprint density at radius 3 is 2.78 bits per heavy atom. The first kappa shape index (κ1) is 13.4. The van der Waals surface area contributed by atoms with Gasteiger partial charge in [-0.2, -0.15) is 0 Å². The summed E-state index contributed by atoms with van der Waals surface area (Å²) >= 11 is 6.16. The van der Waals surface area contributed by atoms with Crippen molar-refractivity contribution in [1.82, 2.24) is 5.32 Å². The van der Waals surface area contributed by atoms with E-state index in [1.165, 1.54) is 0 Å². The van der Waals surface area contributed by atoms with Crippen LogP contribution in [0, 0.1) is 5.92 Å². The van der Waals surface area contributed by atoms with Crippen LogP contribution in [0.4, 0.5) is 0 Å². The van der Waals surface area contributed by atoms with Gasteiger partial charge in [-0.25, -0.2) is 0 Å². The number of carbonyl (C=O) groups excluding carboxylic acids is 1. The van der Waals surface area contributed by atoms with E-state index in [2.05, 4.69) is 5.32 Å². The summed E-state index contributed by atoms with van der Waals surface area (Å²) in [5.41, 5.74) is 0.825. The molecule has 3 unspecified atom stereocenters. The van der Waals surface area contributed by atoms with Crippen molar-refractivity contribution in [2.45, 2.75) is 24.8 Å². The van der Waals surface area contributed by atoms with Crippen LogP contribution in [0.3, 0.4) is 0 Å². The largest absolute Gasteiger partial charge is 0.381 e. The molecule has 0 bridgehead atoms. The summed E-state index contributed by atoms with van der Waals surface area (Å²) in [6.07, 6.45) is 1.000. The number of benzene rings is 1. The fourth-order valence-corrected chi connectivity index (χ4v) is 2.34. The van der Waals surface area contributed by atoms with Crippen molar-refractivity contribution in [2.24, 2.45) is 5.92 Å². The third kappa shape index (κ3) is 3.24. The average Bonchev–Trinajstić information content (AvgIpc) is 2.92. The maximum absolute atomic E-state index is 12.0. The van der Waals surface area contributed by atoms with Crippen molar-refractivity contribution in [3.05, 3.63) is 35.9 Å². The van der Waals surface area contributed by atoms with Gasteiger partial charge >= 0.3 is 0 Å². The molecule has 1 aromatic rings. The predicted molar refractivity (Wildman–Crippen MR) is 71.6 cm³/mol. The van der Waals surface area contributed by atoms with E-state index in [1.54, 1.807) is 0 Å². The number of hydrogen-bond donors (Lipinski definition) is 1. The number of nitrogens with one attached hydrogen (secondary N) is 1. The van der Waals surface area contributed by atoms with E-state index >= 15 is 0 Å². The van der Waals surface area contributed by atoms with Crippen molar-refractivity contribution in [1.29, 1.82) is 0 Å². The molecular formula is C14H18ClNO2. The van der Waals surface area contributed by atoms with Gasteiger partial charge in [0.2, 0.25) is 5.91 Å². The molecule has 1 heterocycles. The maximum atomic E-state index is 12.0. The standard InChI is InChI=1S/C14H18ClNO2/c1-10(12-7-8-18-9-12)16-14(17)13(15)11-5-3-2-4-6-11/h2-6,10,12-13H,7-9H2,1H3,(H,16,17). The van der Waals surface area contributed by atoms with E-state index in [4.69, 9.17) is 16.3 Å². The van der Waals surface area contributed by atoms with Gasteiger partial charge in [-0.1, -0.05) is 30.3 Å². The Morgan fingerprint density at radius 1 is 1.44 bits per heavy atom. The summed E-state index contributed by atoms with van der Waals surface area (Å²) < 4.78 is 5.32. The molecule has 1 fully saturated rings. The van der Waals surface area contributed by atoms with Crippen LogP contribution in [0.1, 0.15) is 24.3 Å². The van der Waals surface area contributed by atoms with Gasteiger partial charge < -0.3 is 10.1 Å². The van der Waals surface area contributed by atoms with Gasteiger partial charge in [0.25, 0.3) is 0 Å². The molecule has 3 nitrogen and oxygen atoms in total. The fourth-order valence-electron chi connectivity index (χ4n) is 2.14. The molecule has 0 saturated carbocycles. The molecule has 0 aromatic heterocycles. The fraction of sp³-hybridized carbons (Fsp3) is 0.500. The molecule has 1 aromatic carbocycles. The lowest BCUT2D eigenvalue weighted by atomic mass is 10.0. The summed E-state index contributed by atoms with van der Waals surface area (Å²) in [6, 6.07) is 9.49. The Labute approximate surface area is 112 Å². The molecule has 1 N–H and O–H groups in total. The Kier molecular flexibility index (Phi) is 4.61. The van der Waals surface area contributed by atoms with Crippen molar-refractivity contribution in [3.63, 3.8) is 0 Å². The third-order valence-electron chi connectivity index (χ3n) is 3.36. The van der Waals surface area contributed by atoms with Crippen LogP contribution >= 0.6 is 11.6 Å². The number of ether oxygens (including phenoxy) is 1. The van der Waals surface area contributed by atoms with Gasteiger partial charge in [0.05, 0.1) is 6.61 Å². The second-order valence-corrected chi connectivity index (χ2v) is 5.13. The van der Waals surface area contributed by atoms with Crippen LogP contribution in [0.15, 0.2) is 30.3 Å². The van der Waals surface area contributed by atoms with Crippen LogP contribution in [0.25, 0.3) is 0 Å². The first-order valence-corrected chi connectivity index (χ1v) is 6.69. The minimum absolute atomic E-state index is 0.102. The molecule has 1 amide bonds. The molecule has 1 saturated heterocycles. The summed E-state index contributed by atoms with van der Waals surface area (Å²) in [5, 5.41) is 2.34. The van der Waals surface area contributed by atoms with E-state index in [1.807, 2.05) is 37.3 Å². The normalized spacial score (nSPS) is 22.4. The van der Waals surface area contributed by atoms with Gasteiger partial charge in [0.1, 0.15) is 5.38 Å². The van der Waals surface area contributed by atoms with Gasteiger partial charge in [-0.15, -0.1) is 11.6 Å². The molecule has 1 aliphatic rings. The van der Waals surface area contributed by atoms with Gasteiger partial charge in [-0.05, 0) is 18.9 Å².